The van der Waals surface area contributed by atoms with Crippen molar-refractivity contribution in [3.63, 3.8) is 0 Å². The first-order valence-corrected chi connectivity index (χ1v) is 10.4. The standard InChI is InChI=1S/C23H19N5O2S/c24-17(15-6-5-10-25-13-15)12-19(16-7-1-2-9-20(16)29)28-22(30)21-14-27-23(31-21)18-8-3-4-11-26-18/h1-11,13-14,19,24,29H,12H2,(H,28,30). The molecule has 0 bridgehead atoms. The van der Waals surface area contributed by atoms with Gasteiger partial charge in [-0.3, -0.25) is 14.8 Å². The summed E-state index contributed by atoms with van der Waals surface area (Å²) in [7, 11) is 0. The Morgan fingerprint density at radius 2 is 1.87 bits per heavy atom. The molecule has 3 N–H and O–H groups in total. The molecule has 3 heterocycles. The number of hydrogen-bond donors (Lipinski definition) is 3. The highest BCUT2D eigenvalue weighted by atomic mass is 32.1. The van der Waals surface area contributed by atoms with Gasteiger partial charge in [0.2, 0.25) is 0 Å². The lowest BCUT2D eigenvalue weighted by molar-refractivity contribution is 0.0941. The number of amides is 1. The van der Waals surface area contributed by atoms with Crippen LogP contribution in [0.3, 0.4) is 0 Å². The molecule has 3 aromatic heterocycles. The summed E-state index contributed by atoms with van der Waals surface area (Å²) in [6.45, 7) is 0. The number of thiazole rings is 1. The summed E-state index contributed by atoms with van der Waals surface area (Å²) in [4.78, 5) is 26.0. The minimum absolute atomic E-state index is 0.0604. The molecule has 0 saturated carbocycles. The van der Waals surface area contributed by atoms with Crippen LogP contribution in [-0.4, -0.2) is 31.7 Å². The van der Waals surface area contributed by atoms with Gasteiger partial charge in [0.25, 0.3) is 5.91 Å². The first-order chi connectivity index (χ1) is 15.1. The number of rotatable bonds is 7. The van der Waals surface area contributed by atoms with E-state index in [1.807, 2.05) is 18.2 Å². The molecule has 0 aliphatic carbocycles. The zero-order valence-corrected chi connectivity index (χ0v) is 17.2. The summed E-state index contributed by atoms with van der Waals surface area (Å²) in [6, 6.07) is 15.3. The largest absolute Gasteiger partial charge is 0.508 e. The Labute approximate surface area is 183 Å². The Kier molecular flexibility index (Phi) is 6.09. The molecule has 0 aliphatic heterocycles. The van der Waals surface area contributed by atoms with Gasteiger partial charge in [-0.05, 0) is 24.3 Å². The molecule has 4 rings (SSSR count). The van der Waals surface area contributed by atoms with Crippen molar-refractivity contribution in [3.8, 4) is 16.5 Å². The van der Waals surface area contributed by atoms with Gasteiger partial charge in [0.05, 0.1) is 17.9 Å². The van der Waals surface area contributed by atoms with Crippen LogP contribution in [0.5, 0.6) is 5.75 Å². The van der Waals surface area contributed by atoms with Gasteiger partial charge in [-0.2, -0.15) is 0 Å². The predicted octanol–water partition coefficient (Wildman–Crippen LogP) is 4.23. The van der Waals surface area contributed by atoms with Gasteiger partial charge in [-0.15, -0.1) is 11.3 Å². The van der Waals surface area contributed by atoms with Gasteiger partial charge in [0, 0.05) is 41.8 Å². The quantitative estimate of drug-likeness (QED) is 0.381. The Morgan fingerprint density at radius 3 is 2.61 bits per heavy atom. The van der Waals surface area contributed by atoms with Crippen molar-refractivity contribution in [2.75, 3.05) is 0 Å². The van der Waals surface area contributed by atoms with Crippen LogP contribution in [0.25, 0.3) is 10.7 Å². The molecule has 7 nitrogen and oxygen atoms in total. The van der Waals surface area contributed by atoms with E-state index in [-0.39, 0.29) is 18.1 Å². The molecular weight excluding hydrogens is 410 g/mol. The fraction of sp³-hybridized carbons (Fsp3) is 0.0870. The van der Waals surface area contributed by atoms with E-state index in [1.54, 1.807) is 55.0 Å². The molecule has 0 radical (unpaired) electrons. The average Bonchev–Trinajstić information content (AvgIpc) is 3.31. The van der Waals surface area contributed by atoms with Gasteiger partial charge in [-0.25, -0.2) is 4.98 Å². The predicted molar refractivity (Wildman–Crippen MR) is 119 cm³/mol. The van der Waals surface area contributed by atoms with Crippen LogP contribution in [0.1, 0.15) is 33.3 Å². The number of hydrogen-bond acceptors (Lipinski definition) is 7. The molecule has 8 heteroatoms. The van der Waals surface area contributed by atoms with E-state index in [4.69, 9.17) is 5.41 Å². The normalized spacial score (nSPS) is 11.6. The third kappa shape index (κ3) is 4.81. The van der Waals surface area contributed by atoms with Gasteiger partial charge >= 0.3 is 0 Å². The Balaban J connectivity index is 1.57. The lowest BCUT2D eigenvalue weighted by Crippen LogP contribution is -2.29. The van der Waals surface area contributed by atoms with Crippen molar-refractivity contribution < 1.29 is 9.90 Å². The van der Waals surface area contributed by atoms with E-state index < -0.39 is 6.04 Å². The van der Waals surface area contributed by atoms with Crippen LogP contribution in [0.15, 0.2) is 79.4 Å². The number of nitrogens with zero attached hydrogens (tertiary/aromatic N) is 3. The maximum Gasteiger partial charge on any atom is 0.263 e. The molecular formula is C23H19N5O2S. The molecule has 1 atom stereocenters. The lowest BCUT2D eigenvalue weighted by Gasteiger charge is -2.20. The van der Waals surface area contributed by atoms with Gasteiger partial charge in [0.1, 0.15) is 15.6 Å². The van der Waals surface area contributed by atoms with Crippen LogP contribution >= 0.6 is 11.3 Å². The Bertz CT molecular complexity index is 1190. The van der Waals surface area contributed by atoms with E-state index in [2.05, 4.69) is 20.3 Å². The topological polar surface area (TPSA) is 112 Å². The smallest absolute Gasteiger partial charge is 0.263 e. The second-order valence-electron chi connectivity index (χ2n) is 6.75. The SMILES string of the molecule is N=C(CC(NC(=O)c1cnc(-c2ccccn2)s1)c1ccccc1O)c1cccnc1. The van der Waals surface area contributed by atoms with E-state index in [0.29, 0.717) is 32.4 Å². The monoisotopic (exact) mass is 429 g/mol. The maximum atomic E-state index is 13.0. The van der Waals surface area contributed by atoms with Crippen molar-refractivity contribution in [2.45, 2.75) is 12.5 Å². The van der Waals surface area contributed by atoms with Crippen molar-refractivity contribution in [1.29, 1.82) is 5.41 Å². The summed E-state index contributed by atoms with van der Waals surface area (Å²) in [6.07, 6.45) is 6.63. The molecule has 0 saturated heterocycles. The third-order valence-corrected chi connectivity index (χ3v) is 5.67. The zero-order chi connectivity index (χ0) is 21.6. The number of aromatic nitrogens is 3. The highest BCUT2D eigenvalue weighted by molar-refractivity contribution is 7.16. The van der Waals surface area contributed by atoms with Crippen LogP contribution < -0.4 is 5.32 Å². The number of phenols is 1. The molecule has 0 aliphatic rings. The summed E-state index contributed by atoms with van der Waals surface area (Å²) in [5.74, 6) is -0.266. The van der Waals surface area contributed by atoms with Gasteiger partial charge in [-0.1, -0.05) is 30.3 Å². The maximum absolute atomic E-state index is 13.0. The fourth-order valence-electron chi connectivity index (χ4n) is 3.10. The number of nitrogens with one attached hydrogen (secondary N) is 2. The number of carbonyl (C=O) groups is 1. The minimum Gasteiger partial charge on any atom is -0.508 e. The Hall–Kier alpha value is -3.91. The van der Waals surface area contributed by atoms with E-state index in [0.717, 1.165) is 0 Å². The third-order valence-electron chi connectivity index (χ3n) is 4.65. The van der Waals surface area contributed by atoms with Gasteiger partial charge in [0.15, 0.2) is 0 Å². The van der Waals surface area contributed by atoms with Crippen molar-refractivity contribution >= 4 is 23.0 Å². The number of phenolic OH excluding ortho intramolecular Hbond substituents is 1. The number of pyridine rings is 2. The highest BCUT2D eigenvalue weighted by Gasteiger charge is 2.22. The summed E-state index contributed by atoms with van der Waals surface area (Å²) >= 11 is 1.24. The average molecular weight is 430 g/mol. The van der Waals surface area contributed by atoms with E-state index >= 15 is 0 Å². The zero-order valence-electron chi connectivity index (χ0n) is 16.4. The molecule has 1 unspecified atom stereocenters. The van der Waals surface area contributed by atoms with E-state index in [9.17, 15) is 9.90 Å². The fourth-order valence-corrected chi connectivity index (χ4v) is 3.90. The van der Waals surface area contributed by atoms with Crippen molar-refractivity contribution in [2.24, 2.45) is 0 Å². The number of benzene rings is 1. The Morgan fingerprint density at radius 1 is 1.03 bits per heavy atom. The van der Waals surface area contributed by atoms with E-state index in [1.165, 1.54) is 17.5 Å². The number of aromatic hydroxyl groups is 1. The van der Waals surface area contributed by atoms with Crippen molar-refractivity contribution in [1.82, 2.24) is 20.3 Å². The first kappa shape index (κ1) is 20.4. The molecule has 0 fully saturated rings. The van der Waals surface area contributed by atoms with Gasteiger partial charge < -0.3 is 15.8 Å². The molecule has 1 amide bonds. The van der Waals surface area contributed by atoms with Crippen molar-refractivity contribution in [3.05, 3.63) is 95.4 Å². The first-order valence-electron chi connectivity index (χ1n) is 9.55. The second kappa shape index (κ2) is 9.27. The molecule has 154 valence electrons. The summed E-state index contributed by atoms with van der Waals surface area (Å²) < 4.78 is 0. The molecule has 0 spiro atoms. The van der Waals surface area contributed by atoms with Crippen LogP contribution in [0, 0.1) is 5.41 Å². The highest BCUT2D eigenvalue weighted by Crippen LogP contribution is 2.29. The van der Waals surface area contributed by atoms with Crippen LogP contribution in [0.2, 0.25) is 0 Å². The molecule has 31 heavy (non-hydrogen) atoms. The minimum atomic E-state index is -0.596. The summed E-state index contributed by atoms with van der Waals surface area (Å²) in [5.41, 5.74) is 2.20. The second-order valence-corrected chi connectivity index (χ2v) is 7.78. The van der Waals surface area contributed by atoms with Crippen LogP contribution in [-0.2, 0) is 0 Å². The summed E-state index contributed by atoms with van der Waals surface area (Å²) in [5, 5.41) is 22.4. The number of para-hydroxylation sites is 1. The molecule has 1 aromatic carbocycles. The number of carbonyl (C=O) groups excluding carboxylic acids is 1. The van der Waals surface area contributed by atoms with Crippen LogP contribution in [0.4, 0.5) is 0 Å². The lowest BCUT2D eigenvalue weighted by atomic mass is 9.97. The molecule has 4 aromatic rings.